The smallest absolute Gasteiger partial charge is 0.0216 e. The summed E-state index contributed by atoms with van der Waals surface area (Å²) in [6.07, 6.45) is 9.89. The van der Waals surface area contributed by atoms with E-state index in [2.05, 4.69) is 29.1 Å². The van der Waals surface area contributed by atoms with E-state index in [9.17, 15) is 0 Å². The molecule has 1 aliphatic rings. The van der Waals surface area contributed by atoms with E-state index < -0.39 is 0 Å². The second-order valence-corrected chi connectivity index (χ2v) is 6.15. The Labute approximate surface area is 110 Å². The minimum absolute atomic E-state index is 0.761. The molecule has 17 heavy (non-hydrogen) atoms. The molecule has 1 aromatic rings. The molecule has 0 spiro atoms. The van der Waals surface area contributed by atoms with E-state index in [1.54, 1.807) is 11.3 Å². The number of nitrogens with one attached hydrogen (secondary N) is 1. The van der Waals surface area contributed by atoms with Crippen LogP contribution in [0.1, 0.15) is 57.4 Å². The van der Waals surface area contributed by atoms with Gasteiger partial charge in [-0.15, -0.1) is 0 Å². The van der Waals surface area contributed by atoms with Crippen LogP contribution in [-0.4, -0.2) is 6.04 Å². The van der Waals surface area contributed by atoms with Gasteiger partial charge in [-0.25, -0.2) is 0 Å². The average molecular weight is 251 g/mol. The van der Waals surface area contributed by atoms with Crippen molar-refractivity contribution in [3.8, 4) is 0 Å². The Morgan fingerprint density at radius 3 is 3.00 bits per heavy atom. The van der Waals surface area contributed by atoms with Crippen LogP contribution in [0, 0.1) is 5.92 Å². The van der Waals surface area contributed by atoms with E-state index in [0.29, 0.717) is 0 Å². The van der Waals surface area contributed by atoms with Crippen molar-refractivity contribution in [2.24, 2.45) is 5.92 Å². The molecule has 2 atom stereocenters. The van der Waals surface area contributed by atoms with Crippen molar-refractivity contribution in [2.75, 3.05) is 0 Å². The highest BCUT2D eigenvalue weighted by Crippen LogP contribution is 2.26. The van der Waals surface area contributed by atoms with E-state index in [0.717, 1.165) is 18.5 Å². The van der Waals surface area contributed by atoms with Crippen LogP contribution in [0.4, 0.5) is 0 Å². The molecule has 2 rings (SSSR count). The Bertz CT molecular complexity index is 294. The summed E-state index contributed by atoms with van der Waals surface area (Å²) in [4.78, 5) is 0. The molecule has 1 N–H and O–H groups in total. The minimum Gasteiger partial charge on any atom is -0.310 e. The van der Waals surface area contributed by atoms with Crippen molar-refractivity contribution >= 4 is 11.3 Å². The molecule has 0 aliphatic heterocycles. The number of thiophene rings is 1. The van der Waals surface area contributed by atoms with Gasteiger partial charge in [0, 0.05) is 12.6 Å². The molecule has 2 heteroatoms. The molecule has 1 heterocycles. The topological polar surface area (TPSA) is 12.0 Å². The fraction of sp³-hybridized carbons (Fsp3) is 0.733. The third kappa shape index (κ3) is 4.44. The second kappa shape index (κ2) is 7.17. The Hall–Kier alpha value is -0.340. The fourth-order valence-corrected chi connectivity index (χ4v) is 3.60. The lowest BCUT2D eigenvalue weighted by atomic mass is 9.95. The SMILES string of the molecule is CCCC1CCCC(NCc2ccsc2)CC1. The zero-order valence-electron chi connectivity index (χ0n) is 11.0. The van der Waals surface area contributed by atoms with Crippen molar-refractivity contribution in [2.45, 2.75) is 64.5 Å². The quantitative estimate of drug-likeness (QED) is 0.755. The van der Waals surface area contributed by atoms with Crippen LogP contribution >= 0.6 is 11.3 Å². The van der Waals surface area contributed by atoms with Gasteiger partial charge in [-0.3, -0.25) is 0 Å². The highest BCUT2D eigenvalue weighted by Gasteiger charge is 2.17. The van der Waals surface area contributed by atoms with Crippen molar-refractivity contribution in [1.82, 2.24) is 5.32 Å². The largest absolute Gasteiger partial charge is 0.310 e. The van der Waals surface area contributed by atoms with E-state index in [1.807, 2.05) is 0 Å². The van der Waals surface area contributed by atoms with Gasteiger partial charge in [-0.2, -0.15) is 11.3 Å². The van der Waals surface area contributed by atoms with Crippen LogP contribution in [0.5, 0.6) is 0 Å². The standard InChI is InChI=1S/C15H25NS/c1-2-4-13-5-3-6-15(8-7-13)16-11-14-9-10-17-12-14/h9-10,12-13,15-16H,2-8,11H2,1H3. The molecule has 1 aromatic heterocycles. The van der Waals surface area contributed by atoms with Crippen molar-refractivity contribution < 1.29 is 0 Å². The van der Waals surface area contributed by atoms with Gasteiger partial charge in [0.05, 0.1) is 0 Å². The monoisotopic (exact) mass is 251 g/mol. The minimum atomic E-state index is 0.761. The van der Waals surface area contributed by atoms with Gasteiger partial charge in [0.15, 0.2) is 0 Å². The molecule has 0 saturated heterocycles. The molecule has 1 fully saturated rings. The van der Waals surface area contributed by atoms with Gasteiger partial charge in [-0.05, 0) is 47.6 Å². The Kier molecular flexibility index (Phi) is 5.53. The summed E-state index contributed by atoms with van der Waals surface area (Å²) in [6, 6.07) is 2.99. The van der Waals surface area contributed by atoms with E-state index in [1.165, 1.54) is 50.5 Å². The van der Waals surface area contributed by atoms with E-state index in [-0.39, 0.29) is 0 Å². The summed E-state index contributed by atoms with van der Waals surface area (Å²) in [5, 5.41) is 8.15. The molecule has 2 unspecified atom stereocenters. The molecule has 96 valence electrons. The zero-order valence-corrected chi connectivity index (χ0v) is 11.8. The Balaban J connectivity index is 1.71. The Morgan fingerprint density at radius 2 is 2.24 bits per heavy atom. The van der Waals surface area contributed by atoms with Gasteiger partial charge in [0.1, 0.15) is 0 Å². The average Bonchev–Trinajstić information content (AvgIpc) is 2.75. The van der Waals surface area contributed by atoms with Crippen LogP contribution in [-0.2, 0) is 6.54 Å². The third-order valence-corrected chi connectivity index (χ3v) is 4.69. The number of hydrogen-bond donors (Lipinski definition) is 1. The second-order valence-electron chi connectivity index (χ2n) is 5.37. The molecule has 0 radical (unpaired) electrons. The van der Waals surface area contributed by atoms with Crippen molar-refractivity contribution in [1.29, 1.82) is 0 Å². The molecule has 1 aliphatic carbocycles. The van der Waals surface area contributed by atoms with Crippen LogP contribution < -0.4 is 5.32 Å². The summed E-state index contributed by atoms with van der Waals surface area (Å²) in [6.45, 7) is 3.38. The predicted octanol–water partition coefficient (Wildman–Crippen LogP) is 4.59. The van der Waals surface area contributed by atoms with Crippen LogP contribution in [0.3, 0.4) is 0 Å². The first-order chi connectivity index (χ1) is 8.38. The maximum absolute atomic E-state index is 3.73. The van der Waals surface area contributed by atoms with Crippen molar-refractivity contribution in [3.05, 3.63) is 22.4 Å². The molecule has 0 aromatic carbocycles. The van der Waals surface area contributed by atoms with Crippen LogP contribution in [0.15, 0.2) is 16.8 Å². The zero-order chi connectivity index (χ0) is 11.9. The molecular weight excluding hydrogens is 226 g/mol. The first kappa shape index (κ1) is 13.1. The highest BCUT2D eigenvalue weighted by molar-refractivity contribution is 7.07. The summed E-state index contributed by atoms with van der Waals surface area (Å²) >= 11 is 1.80. The number of hydrogen-bond acceptors (Lipinski definition) is 2. The third-order valence-electron chi connectivity index (χ3n) is 3.96. The lowest BCUT2D eigenvalue weighted by molar-refractivity contribution is 0.409. The molecule has 1 saturated carbocycles. The van der Waals surface area contributed by atoms with Gasteiger partial charge < -0.3 is 5.32 Å². The molecular formula is C15H25NS. The first-order valence-corrected chi connectivity index (χ1v) is 8.07. The molecule has 1 nitrogen and oxygen atoms in total. The predicted molar refractivity (Wildman–Crippen MR) is 76.4 cm³/mol. The Morgan fingerprint density at radius 1 is 1.29 bits per heavy atom. The first-order valence-electron chi connectivity index (χ1n) is 7.13. The lowest BCUT2D eigenvalue weighted by Crippen LogP contribution is -2.27. The maximum Gasteiger partial charge on any atom is 0.0216 e. The summed E-state index contributed by atoms with van der Waals surface area (Å²) in [5.74, 6) is 1.01. The van der Waals surface area contributed by atoms with Crippen LogP contribution in [0.2, 0.25) is 0 Å². The summed E-state index contributed by atoms with van der Waals surface area (Å²) in [7, 11) is 0. The van der Waals surface area contributed by atoms with Gasteiger partial charge in [-0.1, -0.05) is 32.6 Å². The molecule has 0 bridgehead atoms. The lowest BCUT2D eigenvalue weighted by Gasteiger charge is -2.16. The summed E-state index contributed by atoms with van der Waals surface area (Å²) in [5.41, 5.74) is 1.45. The molecule has 0 amide bonds. The van der Waals surface area contributed by atoms with Crippen molar-refractivity contribution in [3.63, 3.8) is 0 Å². The van der Waals surface area contributed by atoms with E-state index >= 15 is 0 Å². The fourth-order valence-electron chi connectivity index (χ4n) is 2.93. The summed E-state index contributed by atoms with van der Waals surface area (Å²) < 4.78 is 0. The normalized spacial score (nSPS) is 25.7. The van der Waals surface area contributed by atoms with Gasteiger partial charge in [0.25, 0.3) is 0 Å². The van der Waals surface area contributed by atoms with Crippen LogP contribution in [0.25, 0.3) is 0 Å². The highest BCUT2D eigenvalue weighted by atomic mass is 32.1. The number of rotatable bonds is 5. The maximum atomic E-state index is 3.73. The van der Waals surface area contributed by atoms with E-state index in [4.69, 9.17) is 0 Å². The van der Waals surface area contributed by atoms with Gasteiger partial charge in [0.2, 0.25) is 0 Å². The van der Waals surface area contributed by atoms with Gasteiger partial charge >= 0.3 is 0 Å².